The fourth-order valence-electron chi connectivity index (χ4n) is 2.48. The second-order valence-electron chi connectivity index (χ2n) is 6.49. The zero-order valence-electron chi connectivity index (χ0n) is 13.9. The Hall–Kier alpha value is -1.89. The Morgan fingerprint density at radius 2 is 2.05 bits per heavy atom. The van der Waals surface area contributed by atoms with E-state index in [-0.39, 0.29) is 24.0 Å². The van der Waals surface area contributed by atoms with E-state index in [1.54, 1.807) is 13.8 Å². The van der Waals surface area contributed by atoms with E-state index in [2.05, 4.69) is 29.6 Å². The van der Waals surface area contributed by atoms with Crippen molar-refractivity contribution in [1.82, 2.24) is 25.3 Å². The van der Waals surface area contributed by atoms with E-state index in [9.17, 15) is 9.59 Å². The third-order valence-corrected chi connectivity index (χ3v) is 4.12. The van der Waals surface area contributed by atoms with Crippen LogP contribution in [0.25, 0.3) is 0 Å². The highest BCUT2D eigenvalue weighted by atomic mass is 16.2. The molecule has 2 unspecified atom stereocenters. The molecule has 1 saturated heterocycles. The predicted octanol–water partition coefficient (Wildman–Crippen LogP) is 1.06. The van der Waals surface area contributed by atoms with Crippen LogP contribution in [-0.2, 0) is 4.79 Å². The van der Waals surface area contributed by atoms with Crippen molar-refractivity contribution in [1.29, 1.82) is 0 Å². The van der Waals surface area contributed by atoms with Gasteiger partial charge in [0.2, 0.25) is 0 Å². The number of nitrogens with zero attached hydrogens (tertiary/aromatic N) is 3. The molecule has 2 N–H and O–H groups in total. The van der Waals surface area contributed by atoms with Crippen molar-refractivity contribution >= 4 is 11.9 Å². The van der Waals surface area contributed by atoms with Gasteiger partial charge >= 0.3 is 6.03 Å². The van der Waals surface area contributed by atoms with Crippen LogP contribution in [0.15, 0.2) is 12.4 Å². The average molecular weight is 307 g/mol. The summed E-state index contributed by atoms with van der Waals surface area (Å²) in [6, 6.07) is 0.0431. The maximum Gasteiger partial charge on any atom is 0.325 e. The van der Waals surface area contributed by atoms with E-state index in [1.807, 2.05) is 24.0 Å². The summed E-state index contributed by atoms with van der Waals surface area (Å²) >= 11 is 0. The van der Waals surface area contributed by atoms with Crippen LogP contribution in [0.4, 0.5) is 4.79 Å². The Balaban J connectivity index is 1.83. The fourth-order valence-corrected chi connectivity index (χ4v) is 2.48. The number of carbonyl (C=O) groups is 2. The van der Waals surface area contributed by atoms with Crippen LogP contribution in [0, 0.1) is 6.92 Å². The van der Waals surface area contributed by atoms with Gasteiger partial charge in [-0.1, -0.05) is 0 Å². The molecule has 3 amide bonds. The smallest absolute Gasteiger partial charge is 0.324 e. The lowest BCUT2D eigenvalue weighted by Crippen LogP contribution is -2.43. The Labute approximate surface area is 131 Å². The molecule has 1 aromatic rings. The zero-order chi connectivity index (χ0) is 16.5. The summed E-state index contributed by atoms with van der Waals surface area (Å²) in [5.41, 5.74) is 0.323. The van der Waals surface area contributed by atoms with E-state index in [0.717, 1.165) is 5.56 Å². The first-order valence-electron chi connectivity index (χ1n) is 7.60. The molecule has 2 heterocycles. The molecule has 7 nitrogen and oxygen atoms in total. The van der Waals surface area contributed by atoms with Crippen molar-refractivity contribution in [2.24, 2.45) is 0 Å². The molecule has 1 aliphatic rings. The van der Waals surface area contributed by atoms with Crippen molar-refractivity contribution in [3.63, 3.8) is 0 Å². The molecule has 1 fully saturated rings. The topological polar surface area (TPSA) is 79.3 Å². The second kappa shape index (κ2) is 6.08. The highest BCUT2D eigenvalue weighted by Crippen LogP contribution is 2.16. The first-order valence-corrected chi connectivity index (χ1v) is 7.60. The number of hydrogen-bond acceptors (Lipinski definition) is 4. The first kappa shape index (κ1) is 16.5. The number of hydrogen-bond donors (Lipinski definition) is 2. The normalized spacial score (nSPS) is 20.1. The largest absolute Gasteiger partial charge is 0.325 e. The Morgan fingerprint density at radius 1 is 1.36 bits per heavy atom. The lowest BCUT2D eigenvalue weighted by molar-refractivity contribution is -0.130. The maximum absolute atomic E-state index is 12.1. The minimum atomic E-state index is -0.803. The van der Waals surface area contributed by atoms with Crippen LogP contribution < -0.4 is 10.6 Å². The molecule has 2 atom stereocenters. The molecule has 1 aliphatic heterocycles. The van der Waals surface area contributed by atoms with Crippen LogP contribution in [0.2, 0.25) is 0 Å². The van der Waals surface area contributed by atoms with Gasteiger partial charge in [-0.2, -0.15) is 5.10 Å². The van der Waals surface area contributed by atoms with Crippen LogP contribution in [-0.4, -0.2) is 51.3 Å². The summed E-state index contributed by atoms with van der Waals surface area (Å²) in [4.78, 5) is 25.1. The molecule has 1 aromatic heterocycles. The number of aromatic nitrogens is 2. The SMILES string of the molecule is Cc1cnn(C(C)C(C)NCCN2C(=O)NC(C)(C)C2=O)c1. The Kier molecular flexibility index (Phi) is 4.55. The van der Waals surface area contributed by atoms with Gasteiger partial charge in [-0.05, 0) is 40.2 Å². The molecule has 7 heteroatoms. The lowest BCUT2D eigenvalue weighted by Gasteiger charge is -2.23. The van der Waals surface area contributed by atoms with Crippen molar-refractivity contribution < 1.29 is 9.59 Å². The first-order chi connectivity index (χ1) is 10.2. The summed E-state index contributed by atoms with van der Waals surface area (Å²) in [6.07, 6.45) is 3.83. The standard InChI is InChI=1S/C15H25N5O2/c1-10-8-17-20(9-10)12(3)11(2)16-6-7-19-13(21)15(4,5)18-14(19)22/h8-9,11-12,16H,6-7H2,1-5H3,(H,18,22). The molecular weight excluding hydrogens is 282 g/mol. The van der Waals surface area contributed by atoms with Gasteiger partial charge < -0.3 is 10.6 Å². The highest BCUT2D eigenvalue weighted by Gasteiger charge is 2.43. The van der Waals surface area contributed by atoms with Crippen molar-refractivity contribution in [2.45, 2.75) is 52.2 Å². The molecule has 0 spiro atoms. The molecule has 0 bridgehead atoms. The van der Waals surface area contributed by atoms with Gasteiger partial charge in [-0.15, -0.1) is 0 Å². The predicted molar refractivity (Wildman–Crippen MR) is 83.5 cm³/mol. The van der Waals surface area contributed by atoms with Crippen LogP contribution >= 0.6 is 0 Å². The average Bonchev–Trinajstić information content (AvgIpc) is 2.94. The van der Waals surface area contributed by atoms with E-state index >= 15 is 0 Å². The Bertz CT molecular complexity index is 566. The molecule has 0 radical (unpaired) electrons. The maximum atomic E-state index is 12.1. The van der Waals surface area contributed by atoms with E-state index in [4.69, 9.17) is 0 Å². The number of aryl methyl sites for hydroxylation is 1. The molecule has 22 heavy (non-hydrogen) atoms. The molecule has 122 valence electrons. The van der Waals surface area contributed by atoms with E-state index in [1.165, 1.54) is 4.90 Å². The molecule has 2 rings (SSSR count). The summed E-state index contributed by atoms with van der Waals surface area (Å²) in [7, 11) is 0. The van der Waals surface area contributed by atoms with Crippen molar-refractivity contribution in [3.05, 3.63) is 18.0 Å². The Morgan fingerprint density at radius 3 is 2.55 bits per heavy atom. The fraction of sp³-hybridized carbons (Fsp3) is 0.667. The van der Waals surface area contributed by atoms with Crippen LogP contribution in [0.1, 0.15) is 39.3 Å². The van der Waals surface area contributed by atoms with Gasteiger partial charge in [0, 0.05) is 25.3 Å². The number of nitrogens with one attached hydrogen (secondary N) is 2. The summed E-state index contributed by atoms with van der Waals surface area (Å²) in [5, 5.41) is 10.3. The summed E-state index contributed by atoms with van der Waals surface area (Å²) in [5.74, 6) is -0.178. The van der Waals surface area contributed by atoms with Crippen molar-refractivity contribution in [2.75, 3.05) is 13.1 Å². The number of amides is 3. The number of carbonyl (C=O) groups excluding carboxylic acids is 2. The molecule has 0 aromatic carbocycles. The highest BCUT2D eigenvalue weighted by molar-refractivity contribution is 6.06. The minimum absolute atomic E-state index is 0.174. The van der Waals surface area contributed by atoms with Crippen LogP contribution in [0.3, 0.4) is 0 Å². The molecule has 0 aliphatic carbocycles. The number of rotatable bonds is 6. The minimum Gasteiger partial charge on any atom is -0.324 e. The van der Waals surface area contributed by atoms with Gasteiger partial charge in [0.15, 0.2) is 0 Å². The third kappa shape index (κ3) is 3.30. The number of imide groups is 1. The summed E-state index contributed by atoms with van der Waals surface area (Å²) in [6.45, 7) is 10.5. The van der Waals surface area contributed by atoms with Gasteiger partial charge in [0.1, 0.15) is 5.54 Å². The zero-order valence-corrected chi connectivity index (χ0v) is 13.9. The van der Waals surface area contributed by atoms with Gasteiger partial charge in [0.25, 0.3) is 5.91 Å². The quantitative estimate of drug-likeness (QED) is 0.770. The van der Waals surface area contributed by atoms with Crippen LogP contribution in [0.5, 0.6) is 0 Å². The monoisotopic (exact) mass is 307 g/mol. The van der Waals surface area contributed by atoms with Gasteiger partial charge in [0.05, 0.1) is 12.2 Å². The number of urea groups is 1. The lowest BCUT2D eigenvalue weighted by atomic mass is 10.1. The van der Waals surface area contributed by atoms with E-state index in [0.29, 0.717) is 13.1 Å². The summed E-state index contributed by atoms with van der Waals surface area (Å²) < 4.78 is 1.92. The van der Waals surface area contributed by atoms with Gasteiger partial charge in [-0.25, -0.2) is 4.79 Å². The second-order valence-corrected chi connectivity index (χ2v) is 6.49. The van der Waals surface area contributed by atoms with Crippen molar-refractivity contribution in [3.8, 4) is 0 Å². The van der Waals surface area contributed by atoms with E-state index < -0.39 is 5.54 Å². The molecule has 0 saturated carbocycles. The van der Waals surface area contributed by atoms with Gasteiger partial charge in [-0.3, -0.25) is 14.4 Å². The molecular formula is C15H25N5O2. The third-order valence-electron chi connectivity index (χ3n) is 4.12.